The van der Waals surface area contributed by atoms with Crippen LogP contribution in [0.3, 0.4) is 0 Å². The van der Waals surface area contributed by atoms with E-state index < -0.39 is 0 Å². The molecular weight excluding hydrogens is 302 g/mol. The molecule has 0 aromatic rings. The molecule has 0 heterocycles. The normalized spacial score (nSPS) is 12.6. The van der Waals surface area contributed by atoms with Gasteiger partial charge in [-0.3, -0.25) is 4.99 Å². The fraction of sp³-hybridized carbons (Fsp3) is 0.889. The van der Waals surface area contributed by atoms with Gasteiger partial charge >= 0.3 is 0 Å². The topological polar surface area (TPSA) is 89.2 Å². The number of aliphatic imine (C=N–C) groups is 2. The molecule has 142 valence electrons. The summed E-state index contributed by atoms with van der Waals surface area (Å²) in [7, 11) is 3.51. The highest BCUT2D eigenvalue weighted by Crippen LogP contribution is 2.10. The Labute approximate surface area is 148 Å². The Hall–Kier alpha value is -1.30. The summed E-state index contributed by atoms with van der Waals surface area (Å²) in [5.74, 6) is 0.629. The number of ether oxygens (including phenoxy) is 1. The van der Waals surface area contributed by atoms with E-state index in [0.717, 1.165) is 13.0 Å². The van der Waals surface area contributed by atoms with Crippen molar-refractivity contribution in [2.75, 3.05) is 33.9 Å². The number of hydrogen-bond acceptors (Lipinski definition) is 2. The highest BCUT2D eigenvalue weighted by molar-refractivity contribution is 5.93. The van der Waals surface area contributed by atoms with Crippen molar-refractivity contribution in [3.05, 3.63) is 0 Å². The SMILES string of the molecule is CCCCCCCCCCCCN=C(N)N=C(N)N(C)CCOC. The van der Waals surface area contributed by atoms with Crippen LogP contribution in [0, 0.1) is 0 Å². The maximum Gasteiger partial charge on any atom is 0.218 e. The van der Waals surface area contributed by atoms with Crippen LogP contribution in [-0.4, -0.2) is 50.7 Å². The predicted octanol–water partition coefficient (Wildman–Crippen LogP) is 3.11. The number of likely N-dealkylation sites (N-methyl/N-ethyl adjacent to an activating group) is 1. The van der Waals surface area contributed by atoms with E-state index in [1.165, 1.54) is 57.8 Å². The van der Waals surface area contributed by atoms with E-state index >= 15 is 0 Å². The number of rotatable bonds is 14. The van der Waals surface area contributed by atoms with Crippen molar-refractivity contribution < 1.29 is 4.74 Å². The summed E-state index contributed by atoms with van der Waals surface area (Å²) in [5.41, 5.74) is 11.6. The highest BCUT2D eigenvalue weighted by Gasteiger charge is 2.01. The van der Waals surface area contributed by atoms with Crippen molar-refractivity contribution in [3.63, 3.8) is 0 Å². The third-order valence-electron chi connectivity index (χ3n) is 4.04. The zero-order valence-electron chi connectivity index (χ0n) is 16.1. The summed E-state index contributed by atoms with van der Waals surface area (Å²) >= 11 is 0. The molecule has 0 aliphatic rings. The molecule has 0 unspecified atom stereocenters. The lowest BCUT2D eigenvalue weighted by Gasteiger charge is -2.16. The van der Waals surface area contributed by atoms with Gasteiger partial charge in [0, 0.05) is 27.2 Å². The van der Waals surface area contributed by atoms with Crippen LogP contribution in [0.2, 0.25) is 0 Å². The maximum absolute atomic E-state index is 5.85. The quantitative estimate of drug-likeness (QED) is 0.288. The molecule has 0 saturated heterocycles. The Balaban J connectivity index is 3.64. The summed E-state index contributed by atoms with van der Waals surface area (Å²) < 4.78 is 5.00. The molecule has 0 amide bonds. The van der Waals surface area contributed by atoms with Gasteiger partial charge in [0.25, 0.3) is 0 Å². The first-order chi connectivity index (χ1) is 11.6. The number of nitrogens with zero attached hydrogens (tertiary/aromatic N) is 3. The zero-order chi connectivity index (χ0) is 18.0. The molecule has 6 heteroatoms. The van der Waals surface area contributed by atoms with Gasteiger partial charge in [-0.25, -0.2) is 0 Å². The van der Waals surface area contributed by atoms with Gasteiger partial charge in [0.2, 0.25) is 5.96 Å². The molecule has 0 spiro atoms. The van der Waals surface area contributed by atoms with Crippen LogP contribution in [0.5, 0.6) is 0 Å². The van der Waals surface area contributed by atoms with Crippen LogP contribution < -0.4 is 11.5 Å². The average molecular weight is 342 g/mol. The Morgan fingerprint density at radius 2 is 1.46 bits per heavy atom. The van der Waals surface area contributed by atoms with E-state index in [0.29, 0.717) is 19.1 Å². The fourth-order valence-corrected chi connectivity index (χ4v) is 2.37. The summed E-state index contributed by atoms with van der Waals surface area (Å²) in [4.78, 5) is 10.2. The Morgan fingerprint density at radius 1 is 0.917 bits per heavy atom. The van der Waals surface area contributed by atoms with Crippen LogP contribution in [0.25, 0.3) is 0 Å². The monoisotopic (exact) mass is 341 g/mol. The molecule has 0 rings (SSSR count). The zero-order valence-corrected chi connectivity index (χ0v) is 16.1. The van der Waals surface area contributed by atoms with E-state index in [1.807, 2.05) is 7.05 Å². The summed E-state index contributed by atoms with van der Waals surface area (Å²) in [6.07, 6.45) is 13.1. The summed E-state index contributed by atoms with van der Waals surface area (Å²) in [5, 5.41) is 0. The molecule has 0 bridgehead atoms. The first-order valence-electron chi connectivity index (χ1n) is 9.46. The van der Waals surface area contributed by atoms with Gasteiger partial charge in [-0.05, 0) is 6.42 Å². The second kappa shape index (κ2) is 16.6. The third kappa shape index (κ3) is 14.3. The van der Waals surface area contributed by atoms with E-state index in [9.17, 15) is 0 Å². The van der Waals surface area contributed by atoms with Gasteiger partial charge in [-0.1, -0.05) is 64.7 Å². The smallest absolute Gasteiger partial charge is 0.218 e. The van der Waals surface area contributed by atoms with Crippen LogP contribution in [0.4, 0.5) is 0 Å². The van der Waals surface area contributed by atoms with Crippen LogP contribution >= 0.6 is 0 Å². The average Bonchev–Trinajstić information content (AvgIpc) is 2.57. The number of methoxy groups -OCH3 is 1. The lowest BCUT2D eigenvalue weighted by Crippen LogP contribution is -2.37. The molecule has 0 saturated carbocycles. The number of nitrogens with two attached hydrogens (primary N) is 2. The van der Waals surface area contributed by atoms with Gasteiger partial charge < -0.3 is 21.1 Å². The number of unbranched alkanes of at least 4 members (excludes halogenated alkanes) is 9. The standard InChI is InChI=1S/C18H39N5O/c1-4-5-6-7-8-9-10-11-12-13-14-21-17(19)22-18(20)23(2)15-16-24-3/h4-16H2,1-3H3,(H4,19,20,21,22). The Bertz CT molecular complexity index is 344. The molecule has 6 nitrogen and oxygen atoms in total. The van der Waals surface area contributed by atoms with Crippen molar-refractivity contribution in [2.45, 2.75) is 71.1 Å². The minimum absolute atomic E-state index is 0.257. The van der Waals surface area contributed by atoms with Crippen LogP contribution in [0.1, 0.15) is 71.1 Å². The van der Waals surface area contributed by atoms with Gasteiger partial charge in [0.15, 0.2) is 5.96 Å². The van der Waals surface area contributed by atoms with Crippen molar-refractivity contribution >= 4 is 11.9 Å². The minimum atomic E-state index is 0.257. The molecule has 0 aliphatic carbocycles. The van der Waals surface area contributed by atoms with Gasteiger partial charge in [-0.15, -0.1) is 0 Å². The van der Waals surface area contributed by atoms with Crippen LogP contribution in [0.15, 0.2) is 9.98 Å². The van der Waals surface area contributed by atoms with Gasteiger partial charge in [-0.2, -0.15) is 4.99 Å². The van der Waals surface area contributed by atoms with Crippen molar-refractivity contribution in [3.8, 4) is 0 Å². The molecule has 0 radical (unpaired) electrons. The molecule has 0 aromatic heterocycles. The largest absolute Gasteiger partial charge is 0.383 e. The second-order valence-electron chi connectivity index (χ2n) is 6.31. The summed E-state index contributed by atoms with van der Waals surface area (Å²) in [6, 6.07) is 0. The van der Waals surface area contributed by atoms with Gasteiger partial charge in [0.05, 0.1) is 6.61 Å². The molecule has 0 aromatic carbocycles. The van der Waals surface area contributed by atoms with Crippen molar-refractivity contribution in [1.82, 2.24) is 4.90 Å². The Kier molecular flexibility index (Phi) is 15.7. The third-order valence-corrected chi connectivity index (χ3v) is 4.04. The van der Waals surface area contributed by atoms with Gasteiger partial charge in [0.1, 0.15) is 0 Å². The summed E-state index contributed by atoms with van der Waals surface area (Å²) in [6.45, 7) is 4.26. The fourth-order valence-electron chi connectivity index (χ4n) is 2.37. The molecule has 24 heavy (non-hydrogen) atoms. The molecule has 0 fully saturated rings. The minimum Gasteiger partial charge on any atom is -0.383 e. The Morgan fingerprint density at radius 3 is 2.00 bits per heavy atom. The lowest BCUT2D eigenvalue weighted by atomic mass is 10.1. The molecular formula is C18H39N5O. The van der Waals surface area contributed by atoms with Crippen LogP contribution in [-0.2, 0) is 4.74 Å². The molecule has 4 N–H and O–H groups in total. The van der Waals surface area contributed by atoms with Crippen molar-refractivity contribution in [1.29, 1.82) is 0 Å². The second-order valence-corrected chi connectivity index (χ2v) is 6.31. The van der Waals surface area contributed by atoms with Crippen molar-refractivity contribution in [2.24, 2.45) is 21.5 Å². The van der Waals surface area contributed by atoms with E-state index in [4.69, 9.17) is 16.2 Å². The number of guanidine groups is 2. The van der Waals surface area contributed by atoms with E-state index in [1.54, 1.807) is 12.0 Å². The first-order valence-corrected chi connectivity index (χ1v) is 9.46. The molecule has 0 atom stereocenters. The van der Waals surface area contributed by atoms with E-state index in [2.05, 4.69) is 16.9 Å². The molecule has 0 aliphatic heterocycles. The maximum atomic E-state index is 5.85. The lowest BCUT2D eigenvalue weighted by molar-refractivity contribution is 0.182. The van der Waals surface area contributed by atoms with E-state index in [-0.39, 0.29) is 5.96 Å². The first kappa shape index (κ1) is 22.7. The number of hydrogen-bond donors (Lipinski definition) is 2. The highest BCUT2D eigenvalue weighted by atomic mass is 16.5. The predicted molar refractivity (Wildman–Crippen MR) is 104 cm³/mol.